The second kappa shape index (κ2) is 5.28. The Labute approximate surface area is 121 Å². The molecular weight excluding hydrogens is 268 g/mol. The normalized spacial score (nSPS) is 10.7. The molecule has 0 bridgehead atoms. The fourth-order valence-corrected chi connectivity index (χ4v) is 2.40. The van der Waals surface area contributed by atoms with Crippen molar-refractivity contribution in [1.82, 2.24) is 9.55 Å². The molecule has 3 rings (SSSR count). The van der Waals surface area contributed by atoms with Crippen LogP contribution in [0.4, 0.5) is 0 Å². The molecule has 0 unspecified atom stereocenters. The van der Waals surface area contributed by atoms with Crippen molar-refractivity contribution in [1.29, 1.82) is 0 Å². The molecule has 5 nitrogen and oxygen atoms in total. The maximum atomic E-state index is 11.0. The molecule has 0 aliphatic rings. The average molecular weight is 282 g/mol. The van der Waals surface area contributed by atoms with Crippen LogP contribution in [0.5, 0.6) is 5.75 Å². The molecule has 106 valence electrons. The van der Waals surface area contributed by atoms with Gasteiger partial charge in [0.1, 0.15) is 11.4 Å². The van der Waals surface area contributed by atoms with Gasteiger partial charge >= 0.3 is 5.97 Å². The molecule has 0 radical (unpaired) electrons. The average Bonchev–Trinajstić information content (AvgIpc) is 2.90. The first kappa shape index (κ1) is 13.2. The number of nitrogens with zero attached hydrogens (tertiary/aromatic N) is 2. The number of carbonyl (C=O) groups is 1. The molecule has 0 aliphatic carbocycles. The highest BCUT2D eigenvalue weighted by Gasteiger charge is 2.08. The lowest BCUT2D eigenvalue weighted by molar-refractivity contribution is 0.0690. The first-order valence-corrected chi connectivity index (χ1v) is 6.49. The van der Waals surface area contributed by atoms with Crippen LogP contribution in [-0.2, 0) is 6.54 Å². The summed E-state index contributed by atoms with van der Waals surface area (Å²) in [5.74, 6) is -0.192. The van der Waals surface area contributed by atoms with E-state index in [-0.39, 0.29) is 5.69 Å². The molecule has 0 atom stereocenters. The maximum Gasteiger partial charge on any atom is 0.354 e. The highest BCUT2D eigenvalue weighted by atomic mass is 16.5. The van der Waals surface area contributed by atoms with Crippen LogP contribution < -0.4 is 4.74 Å². The van der Waals surface area contributed by atoms with E-state index in [1.54, 1.807) is 13.2 Å². The second-order valence-corrected chi connectivity index (χ2v) is 4.69. The maximum absolute atomic E-state index is 11.0. The molecule has 21 heavy (non-hydrogen) atoms. The van der Waals surface area contributed by atoms with Gasteiger partial charge in [0.15, 0.2) is 0 Å². The number of aromatic carboxylic acids is 1. The van der Waals surface area contributed by atoms with Crippen LogP contribution in [-0.4, -0.2) is 27.7 Å². The zero-order valence-corrected chi connectivity index (χ0v) is 11.5. The lowest BCUT2D eigenvalue weighted by Gasteiger charge is -2.07. The number of methoxy groups -OCH3 is 1. The number of carboxylic acids is 1. The third kappa shape index (κ3) is 2.45. The summed E-state index contributed by atoms with van der Waals surface area (Å²) in [6.07, 6.45) is 3.49. The smallest absolute Gasteiger partial charge is 0.354 e. The Bertz CT molecular complexity index is 808. The Hall–Kier alpha value is -2.82. The predicted octanol–water partition coefficient (Wildman–Crippen LogP) is 2.79. The predicted molar refractivity (Wildman–Crippen MR) is 78.8 cm³/mol. The standard InChI is InChI=1S/C16H14N2O3/c1-21-15-4-2-3-14-12(15)6-8-18(14)10-11-5-7-17-13(9-11)16(19)20/h2-9H,10H2,1H3,(H,19,20). The van der Waals surface area contributed by atoms with Crippen molar-refractivity contribution in [3.63, 3.8) is 0 Å². The molecule has 1 aromatic carbocycles. The molecule has 2 aromatic heterocycles. The zero-order chi connectivity index (χ0) is 14.8. The Morgan fingerprint density at radius 3 is 2.95 bits per heavy atom. The minimum atomic E-state index is -1.02. The molecule has 1 N–H and O–H groups in total. The van der Waals surface area contributed by atoms with Gasteiger partial charge in [0, 0.05) is 24.3 Å². The molecular formula is C16H14N2O3. The first-order valence-electron chi connectivity index (χ1n) is 6.49. The van der Waals surface area contributed by atoms with E-state index in [0.29, 0.717) is 6.54 Å². The van der Waals surface area contributed by atoms with Gasteiger partial charge < -0.3 is 14.4 Å². The summed E-state index contributed by atoms with van der Waals surface area (Å²) in [6.45, 7) is 0.583. The minimum absolute atomic E-state index is 0.0570. The molecule has 0 saturated carbocycles. The fraction of sp³-hybridized carbons (Fsp3) is 0.125. The van der Waals surface area contributed by atoms with Crippen molar-refractivity contribution in [2.75, 3.05) is 7.11 Å². The van der Waals surface area contributed by atoms with Crippen molar-refractivity contribution in [3.8, 4) is 5.75 Å². The Balaban J connectivity index is 1.99. The summed E-state index contributed by atoms with van der Waals surface area (Å²) in [7, 11) is 1.65. The SMILES string of the molecule is COc1cccc2c1ccn2Cc1ccnc(C(=O)O)c1. The molecule has 0 spiro atoms. The van der Waals surface area contributed by atoms with Gasteiger partial charge in [-0.1, -0.05) is 6.07 Å². The van der Waals surface area contributed by atoms with E-state index in [1.807, 2.05) is 36.5 Å². The molecule has 0 fully saturated rings. The van der Waals surface area contributed by atoms with Crippen LogP contribution in [0.15, 0.2) is 48.8 Å². The molecule has 0 saturated heterocycles. The highest BCUT2D eigenvalue weighted by molar-refractivity contribution is 5.87. The van der Waals surface area contributed by atoms with Gasteiger partial charge in [0.25, 0.3) is 0 Å². The first-order chi connectivity index (χ1) is 10.2. The van der Waals surface area contributed by atoms with E-state index >= 15 is 0 Å². The van der Waals surface area contributed by atoms with Gasteiger partial charge in [0.2, 0.25) is 0 Å². The zero-order valence-electron chi connectivity index (χ0n) is 11.5. The molecule has 0 aliphatic heterocycles. The third-order valence-electron chi connectivity index (χ3n) is 3.39. The Morgan fingerprint density at radius 1 is 1.33 bits per heavy atom. The van der Waals surface area contributed by atoms with Gasteiger partial charge in [0.05, 0.1) is 12.6 Å². The molecule has 2 heterocycles. The van der Waals surface area contributed by atoms with E-state index in [1.165, 1.54) is 6.20 Å². The van der Waals surface area contributed by atoms with Crippen molar-refractivity contribution in [2.24, 2.45) is 0 Å². The Kier molecular flexibility index (Phi) is 3.31. The topological polar surface area (TPSA) is 64.4 Å². The number of aromatic nitrogens is 2. The van der Waals surface area contributed by atoms with Crippen LogP contribution in [0.1, 0.15) is 16.1 Å². The number of carboxylic acid groups (broad SMARTS) is 1. The van der Waals surface area contributed by atoms with Crippen molar-refractivity contribution >= 4 is 16.9 Å². The third-order valence-corrected chi connectivity index (χ3v) is 3.39. The number of ether oxygens (including phenoxy) is 1. The van der Waals surface area contributed by atoms with Crippen molar-refractivity contribution in [2.45, 2.75) is 6.54 Å². The number of benzene rings is 1. The van der Waals surface area contributed by atoms with E-state index in [2.05, 4.69) is 9.55 Å². The lowest BCUT2D eigenvalue weighted by atomic mass is 10.2. The summed E-state index contributed by atoms with van der Waals surface area (Å²) >= 11 is 0. The fourth-order valence-electron chi connectivity index (χ4n) is 2.40. The van der Waals surface area contributed by atoms with E-state index in [0.717, 1.165) is 22.2 Å². The van der Waals surface area contributed by atoms with Crippen molar-refractivity contribution in [3.05, 3.63) is 60.0 Å². The number of hydrogen-bond acceptors (Lipinski definition) is 3. The highest BCUT2D eigenvalue weighted by Crippen LogP contribution is 2.26. The lowest BCUT2D eigenvalue weighted by Crippen LogP contribution is -2.03. The number of rotatable bonds is 4. The molecule has 0 amide bonds. The van der Waals surface area contributed by atoms with Crippen LogP contribution in [0, 0.1) is 0 Å². The quantitative estimate of drug-likeness (QED) is 0.799. The van der Waals surface area contributed by atoms with Crippen LogP contribution in [0.3, 0.4) is 0 Å². The van der Waals surface area contributed by atoms with Gasteiger partial charge in [-0.2, -0.15) is 0 Å². The molecule has 5 heteroatoms. The van der Waals surface area contributed by atoms with Crippen LogP contribution >= 0.6 is 0 Å². The summed E-state index contributed by atoms with van der Waals surface area (Å²) in [5, 5.41) is 10.0. The summed E-state index contributed by atoms with van der Waals surface area (Å²) < 4.78 is 7.39. The number of hydrogen-bond donors (Lipinski definition) is 1. The largest absolute Gasteiger partial charge is 0.496 e. The van der Waals surface area contributed by atoms with Gasteiger partial charge in [-0.3, -0.25) is 0 Å². The van der Waals surface area contributed by atoms with Crippen LogP contribution in [0.2, 0.25) is 0 Å². The Morgan fingerprint density at radius 2 is 2.19 bits per heavy atom. The van der Waals surface area contributed by atoms with Crippen LogP contribution in [0.25, 0.3) is 10.9 Å². The van der Waals surface area contributed by atoms with Gasteiger partial charge in [-0.15, -0.1) is 0 Å². The van der Waals surface area contributed by atoms with E-state index in [9.17, 15) is 4.79 Å². The minimum Gasteiger partial charge on any atom is -0.496 e. The summed E-state index contributed by atoms with van der Waals surface area (Å²) in [5.41, 5.74) is 1.99. The second-order valence-electron chi connectivity index (χ2n) is 4.69. The monoisotopic (exact) mass is 282 g/mol. The summed E-state index contributed by atoms with van der Waals surface area (Å²) in [4.78, 5) is 14.8. The van der Waals surface area contributed by atoms with E-state index < -0.39 is 5.97 Å². The van der Waals surface area contributed by atoms with Crippen molar-refractivity contribution < 1.29 is 14.6 Å². The number of pyridine rings is 1. The molecule has 3 aromatic rings. The van der Waals surface area contributed by atoms with Gasteiger partial charge in [-0.05, 0) is 35.9 Å². The van der Waals surface area contributed by atoms with Gasteiger partial charge in [-0.25, -0.2) is 9.78 Å². The number of fused-ring (bicyclic) bond motifs is 1. The van der Waals surface area contributed by atoms with E-state index in [4.69, 9.17) is 9.84 Å². The summed E-state index contributed by atoms with van der Waals surface area (Å²) in [6, 6.07) is 11.3.